The van der Waals surface area contributed by atoms with Gasteiger partial charge in [-0.25, -0.2) is 4.98 Å². The molecule has 1 unspecified atom stereocenters. The second-order valence-electron chi connectivity index (χ2n) is 8.38. The van der Waals surface area contributed by atoms with Crippen LogP contribution in [0.3, 0.4) is 0 Å². The monoisotopic (exact) mass is 420 g/mol. The Morgan fingerprint density at radius 1 is 1.19 bits per heavy atom. The van der Waals surface area contributed by atoms with Crippen molar-refractivity contribution in [1.82, 2.24) is 24.9 Å². The lowest BCUT2D eigenvalue weighted by Gasteiger charge is -2.34. The molecular formula is C22H24N6O3. The van der Waals surface area contributed by atoms with Crippen molar-refractivity contribution in [1.29, 1.82) is 0 Å². The Kier molecular flexibility index (Phi) is 4.40. The molecule has 1 saturated heterocycles. The van der Waals surface area contributed by atoms with E-state index < -0.39 is 0 Å². The first-order valence-electron chi connectivity index (χ1n) is 10.9. The van der Waals surface area contributed by atoms with Crippen LogP contribution < -0.4 is 19.7 Å². The molecule has 1 aromatic carbocycles. The number of aryl methyl sites for hydroxylation is 1. The number of benzene rings is 1. The molecule has 160 valence electrons. The van der Waals surface area contributed by atoms with E-state index in [-0.39, 0.29) is 18.6 Å². The van der Waals surface area contributed by atoms with Gasteiger partial charge in [-0.3, -0.25) is 4.79 Å². The molecule has 0 spiro atoms. The van der Waals surface area contributed by atoms with Crippen molar-refractivity contribution < 1.29 is 14.3 Å². The van der Waals surface area contributed by atoms with Gasteiger partial charge in [0, 0.05) is 25.2 Å². The van der Waals surface area contributed by atoms with Crippen molar-refractivity contribution in [2.24, 2.45) is 5.92 Å². The van der Waals surface area contributed by atoms with Crippen molar-refractivity contribution in [2.75, 3.05) is 24.8 Å². The van der Waals surface area contributed by atoms with E-state index in [1.165, 1.54) is 5.56 Å². The van der Waals surface area contributed by atoms with Crippen LogP contribution in [0.5, 0.6) is 11.5 Å². The molecule has 0 saturated carbocycles. The van der Waals surface area contributed by atoms with Crippen LogP contribution in [0, 0.1) is 5.92 Å². The molecule has 3 aliphatic rings. The van der Waals surface area contributed by atoms with Crippen LogP contribution in [0.4, 0.5) is 5.82 Å². The summed E-state index contributed by atoms with van der Waals surface area (Å²) in [6.07, 6.45) is 6.51. The Bertz CT molecular complexity index is 1160. The number of carbonyl (C=O) groups excluding carboxylic acids is 1. The van der Waals surface area contributed by atoms with Gasteiger partial charge in [0.2, 0.25) is 12.7 Å². The van der Waals surface area contributed by atoms with E-state index in [4.69, 9.17) is 9.47 Å². The van der Waals surface area contributed by atoms with Gasteiger partial charge in [-0.15, -0.1) is 0 Å². The molecule has 4 heterocycles. The fourth-order valence-corrected chi connectivity index (χ4v) is 4.89. The first kappa shape index (κ1) is 18.4. The van der Waals surface area contributed by atoms with E-state index in [1.807, 2.05) is 22.7 Å². The smallest absolute Gasteiger partial charge is 0.254 e. The molecular weight excluding hydrogens is 396 g/mol. The van der Waals surface area contributed by atoms with Crippen LogP contribution in [0.15, 0.2) is 24.5 Å². The highest BCUT2D eigenvalue weighted by Crippen LogP contribution is 2.34. The van der Waals surface area contributed by atoms with E-state index in [0.29, 0.717) is 18.9 Å². The third-order valence-corrected chi connectivity index (χ3v) is 6.42. The van der Waals surface area contributed by atoms with Gasteiger partial charge in [0.1, 0.15) is 12.1 Å². The first-order chi connectivity index (χ1) is 15.3. The largest absolute Gasteiger partial charge is 0.454 e. The highest BCUT2D eigenvalue weighted by atomic mass is 16.7. The molecule has 0 bridgehead atoms. The lowest BCUT2D eigenvalue weighted by molar-refractivity contribution is -0.125. The third-order valence-electron chi connectivity index (χ3n) is 6.42. The fourth-order valence-electron chi connectivity index (χ4n) is 4.89. The Morgan fingerprint density at radius 2 is 2.13 bits per heavy atom. The summed E-state index contributed by atoms with van der Waals surface area (Å²) in [5, 5.41) is 7.53. The highest BCUT2D eigenvalue weighted by molar-refractivity contribution is 5.79. The average molecular weight is 420 g/mol. The minimum Gasteiger partial charge on any atom is -0.454 e. The molecule has 0 radical (unpaired) electrons. The SMILES string of the molecule is O=C(NCc1ccc2c(c1)OCO2)C1CCCN(c2c3c(nc4ncnn24)CCC3)C1. The number of carbonyl (C=O) groups is 1. The summed E-state index contributed by atoms with van der Waals surface area (Å²) < 4.78 is 12.6. The number of nitrogens with one attached hydrogen (secondary N) is 1. The number of aromatic nitrogens is 4. The zero-order valence-corrected chi connectivity index (χ0v) is 17.2. The summed E-state index contributed by atoms with van der Waals surface area (Å²) in [6, 6.07) is 5.78. The standard InChI is InChI=1S/C22H24N6O3/c29-20(23-10-14-6-7-18-19(9-14)31-13-30-18)15-3-2-8-27(11-15)21-16-4-1-5-17(16)26-22-24-12-25-28(21)22/h6-7,9,12,15H,1-5,8,10-11,13H2,(H,23,29). The van der Waals surface area contributed by atoms with Crippen LogP contribution in [0.1, 0.15) is 36.1 Å². The summed E-state index contributed by atoms with van der Waals surface area (Å²) in [4.78, 5) is 24.3. The molecule has 31 heavy (non-hydrogen) atoms. The summed E-state index contributed by atoms with van der Waals surface area (Å²) in [6.45, 7) is 2.32. The molecule has 1 fully saturated rings. The second-order valence-corrected chi connectivity index (χ2v) is 8.38. The zero-order chi connectivity index (χ0) is 20.8. The molecule has 1 atom stereocenters. The maximum atomic E-state index is 13.0. The fraction of sp³-hybridized carbons (Fsp3) is 0.455. The second kappa shape index (κ2) is 7.40. The van der Waals surface area contributed by atoms with Crippen molar-refractivity contribution in [3.63, 3.8) is 0 Å². The maximum absolute atomic E-state index is 13.0. The number of hydrogen-bond donors (Lipinski definition) is 1. The van der Waals surface area contributed by atoms with Gasteiger partial charge in [-0.05, 0) is 49.8 Å². The molecule has 9 nitrogen and oxygen atoms in total. The normalized spacial score (nSPS) is 19.6. The molecule has 9 heteroatoms. The average Bonchev–Trinajstić information content (AvgIpc) is 3.55. The van der Waals surface area contributed by atoms with Gasteiger partial charge in [0.15, 0.2) is 11.5 Å². The molecule has 1 N–H and O–H groups in total. The van der Waals surface area contributed by atoms with Crippen molar-refractivity contribution >= 4 is 17.5 Å². The van der Waals surface area contributed by atoms with E-state index in [2.05, 4.69) is 25.3 Å². The lowest BCUT2D eigenvalue weighted by Crippen LogP contribution is -2.44. The quantitative estimate of drug-likeness (QED) is 0.689. The number of anilines is 1. The van der Waals surface area contributed by atoms with Crippen LogP contribution in [-0.2, 0) is 24.2 Å². The first-order valence-corrected chi connectivity index (χ1v) is 10.9. The number of nitrogens with zero attached hydrogens (tertiary/aromatic N) is 5. The number of fused-ring (bicyclic) bond motifs is 3. The van der Waals surface area contributed by atoms with Crippen LogP contribution in [0.2, 0.25) is 0 Å². The summed E-state index contributed by atoms with van der Waals surface area (Å²) in [5.74, 6) is 3.23. The van der Waals surface area contributed by atoms with Crippen molar-refractivity contribution in [3.8, 4) is 11.5 Å². The molecule has 2 aromatic heterocycles. The maximum Gasteiger partial charge on any atom is 0.254 e. The third kappa shape index (κ3) is 3.24. The van der Waals surface area contributed by atoms with E-state index in [1.54, 1.807) is 6.33 Å². The molecule has 1 amide bonds. The van der Waals surface area contributed by atoms with Crippen LogP contribution in [-0.4, -0.2) is 45.4 Å². The highest BCUT2D eigenvalue weighted by Gasteiger charge is 2.31. The van der Waals surface area contributed by atoms with Crippen molar-refractivity contribution in [2.45, 2.75) is 38.6 Å². The van der Waals surface area contributed by atoms with Crippen LogP contribution >= 0.6 is 0 Å². The van der Waals surface area contributed by atoms with Gasteiger partial charge < -0.3 is 19.7 Å². The molecule has 1 aliphatic carbocycles. The van der Waals surface area contributed by atoms with Crippen LogP contribution in [0.25, 0.3) is 5.78 Å². The lowest BCUT2D eigenvalue weighted by atomic mass is 9.96. The molecule has 2 aliphatic heterocycles. The number of piperidine rings is 1. The Balaban J connectivity index is 1.18. The summed E-state index contributed by atoms with van der Waals surface area (Å²) in [7, 11) is 0. The molecule has 6 rings (SSSR count). The number of ether oxygens (including phenoxy) is 2. The minimum atomic E-state index is -0.0634. The van der Waals surface area contributed by atoms with E-state index in [0.717, 1.165) is 67.2 Å². The van der Waals surface area contributed by atoms with Gasteiger partial charge >= 0.3 is 0 Å². The van der Waals surface area contributed by atoms with Gasteiger partial charge in [-0.2, -0.15) is 14.6 Å². The Labute approximate surface area is 179 Å². The predicted molar refractivity (Wildman–Crippen MR) is 112 cm³/mol. The minimum absolute atomic E-state index is 0.0634. The zero-order valence-electron chi connectivity index (χ0n) is 17.2. The number of rotatable bonds is 4. The predicted octanol–water partition coefficient (Wildman–Crippen LogP) is 1.87. The number of amides is 1. The van der Waals surface area contributed by atoms with Gasteiger partial charge in [0.05, 0.1) is 11.6 Å². The number of hydrogen-bond acceptors (Lipinski definition) is 7. The van der Waals surface area contributed by atoms with Gasteiger partial charge in [0.25, 0.3) is 5.78 Å². The molecule has 3 aromatic rings. The van der Waals surface area contributed by atoms with Crippen molar-refractivity contribution in [3.05, 3.63) is 41.3 Å². The Morgan fingerprint density at radius 3 is 3.10 bits per heavy atom. The summed E-state index contributed by atoms with van der Waals surface area (Å²) >= 11 is 0. The van der Waals surface area contributed by atoms with E-state index in [9.17, 15) is 4.79 Å². The van der Waals surface area contributed by atoms with Gasteiger partial charge in [-0.1, -0.05) is 6.07 Å². The Hall–Kier alpha value is -3.36. The topological polar surface area (TPSA) is 93.9 Å². The summed E-state index contributed by atoms with van der Waals surface area (Å²) in [5.41, 5.74) is 3.39. The van der Waals surface area contributed by atoms with E-state index >= 15 is 0 Å².